The normalized spacial score (nSPS) is 26.2. The maximum atomic E-state index is 4.75. The Morgan fingerprint density at radius 3 is 2.00 bits per heavy atom. The van der Waals surface area contributed by atoms with E-state index in [0.717, 1.165) is 38.1 Å². The molecule has 2 fully saturated rings. The highest BCUT2D eigenvalue weighted by Crippen LogP contribution is 2.27. The van der Waals surface area contributed by atoms with Crippen LogP contribution in [0.2, 0.25) is 0 Å². The Balaban J connectivity index is 1.86. The second-order valence-electron chi connectivity index (χ2n) is 6.42. The van der Waals surface area contributed by atoms with Crippen LogP contribution in [-0.4, -0.2) is 48.2 Å². The van der Waals surface area contributed by atoms with E-state index >= 15 is 0 Å². The fourth-order valence-corrected chi connectivity index (χ4v) is 3.14. The Morgan fingerprint density at radius 2 is 1.43 bits per heavy atom. The number of hydrogen-bond acceptors (Lipinski definition) is 6. The first kappa shape index (κ1) is 14.4. The summed E-state index contributed by atoms with van der Waals surface area (Å²) in [5, 5.41) is 3.08. The molecule has 2 saturated heterocycles. The predicted octanol–water partition coefficient (Wildman–Crippen LogP) is 2.00. The molecule has 116 valence electrons. The lowest BCUT2D eigenvalue weighted by Crippen LogP contribution is -2.32. The molecule has 3 rings (SSSR count). The van der Waals surface area contributed by atoms with Gasteiger partial charge in [-0.05, 0) is 31.1 Å². The topological polar surface area (TPSA) is 57.2 Å². The third-order valence-corrected chi connectivity index (χ3v) is 4.75. The summed E-state index contributed by atoms with van der Waals surface area (Å²) in [5.74, 6) is 3.71. The molecule has 0 aromatic carbocycles. The maximum absolute atomic E-state index is 4.75. The second kappa shape index (κ2) is 6.03. The fourth-order valence-electron chi connectivity index (χ4n) is 3.14. The van der Waals surface area contributed by atoms with Gasteiger partial charge in [0.15, 0.2) is 0 Å². The lowest BCUT2D eigenvalue weighted by Gasteiger charge is -2.27. The monoisotopic (exact) mass is 290 g/mol. The number of anilines is 3. The summed E-state index contributed by atoms with van der Waals surface area (Å²) in [6.45, 7) is 8.78. The van der Waals surface area contributed by atoms with Crippen LogP contribution < -0.4 is 15.1 Å². The van der Waals surface area contributed by atoms with Gasteiger partial charge in [-0.2, -0.15) is 15.0 Å². The molecule has 0 spiro atoms. The van der Waals surface area contributed by atoms with Crippen molar-refractivity contribution in [3.8, 4) is 0 Å². The van der Waals surface area contributed by atoms with Crippen molar-refractivity contribution >= 4 is 17.8 Å². The van der Waals surface area contributed by atoms with E-state index in [-0.39, 0.29) is 0 Å². The van der Waals surface area contributed by atoms with Gasteiger partial charge in [0.05, 0.1) is 0 Å². The SMILES string of the molecule is CNc1nc(N2CCCCC2)nc(N2CC(C)C(C)C2)n1. The quantitative estimate of drug-likeness (QED) is 0.919. The largest absolute Gasteiger partial charge is 0.357 e. The average Bonchev–Trinajstić information content (AvgIpc) is 2.87. The van der Waals surface area contributed by atoms with E-state index in [4.69, 9.17) is 4.98 Å². The van der Waals surface area contributed by atoms with E-state index in [9.17, 15) is 0 Å². The number of aromatic nitrogens is 3. The smallest absolute Gasteiger partial charge is 0.231 e. The van der Waals surface area contributed by atoms with Crippen molar-refractivity contribution in [1.82, 2.24) is 15.0 Å². The average molecular weight is 290 g/mol. The van der Waals surface area contributed by atoms with Gasteiger partial charge in [-0.15, -0.1) is 0 Å². The first-order valence-electron chi connectivity index (χ1n) is 8.11. The predicted molar refractivity (Wildman–Crippen MR) is 86.0 cm³/mol. The molecule has 2 aliphatic heterocycles. The van der Waals surface area contributed by atoms with Crippen LogP contribution in [0.25, 0.3) is 0 Å². The Bertz CT molecular complexity index is 475. The molecule has 1 N–H and O–H groups in total. The summed E-state index contributed by atoms with van der Waals surface area (Å²) in [7, 11) is 1.87. The van der Waals surface area contributed by atoms with E-state index in [0.29, 0.717) is 17.8 Å². The molecule has 1 aromatic heterocycles. The second-order valence-corrected chi connectivity index (χ2v) is 6.42. The van der Waals surface area contributed by atoms with Gasteiger partial charge in [0, 0.05) is 33.2 Å². The first-order valence-corrected chi connectivity index (χ1v) is 8.11. The summed E-state index contributed by atoms with van der Waals surface area (Å²) in [5.41, 5.74) is 0. The van der Waals surface area contributed by atoms with Crippen molar-refractivity contribution < 1.29 is 0 Å². The lowest BCUT2D eigenvalue weighted by atomic mass is 10.0. The van der Waals surface area contributed by atoms with Crippen molar-refractivity contribution in [1.29, 1.82) is 0 Å². The van der Waals surface area contributed by atoms with Crippen LogP contribution >= 0.6 is 0 Å². The number of nitrogens with one attached hydrogen (secondary N) is 1. The van der Waals surface area contributed by atoms with Crippen molar-refractivity contribution in [2.75, 3.05) is 48.3 Å². The molecule has 6 heteroatoms. The number of nitrogens with zero attached hydrogens (tertiary/aromatic N) is 5. The molecule has 2 aliphatic rings. The van der Waals surface area contributed by atoms with Crippen molar-refractivity contribution in [2.24, 2.45) is 11.8 Å². The van der Waals surface area contributed by atoms with Gasteiger partial charge in [0.2, 0.25) is 17.8 Å². The standard InChI is InChI=1S/C15H26N6/c1-11-9-21(10-12(11)2)15-18-13(16-3)17-14(19-15)20-7-5-4-6-8-20/h11-12H,4-10H2,1-3H3,(H,16,17,18,19). The summed E-state index contributed by atoms with van der Waals surface area (Å²) in [6.07, 6.45) is 3.77. The summed E-state index contributed by atoms with van der Waals surface area (Å²) in [6, 6.07) is 0. The Labute approximate surface area is 127 Å². The van der Waals surface area contributed by atoms with E-state index < -0.39 is 0 Å². The molecule has 0 radical (unpaired) electrons. The Morgan fingerprint density at radius 1 is 0.857 bits per heavy atom. The molecule has 0 bridgehead atoms. The van der Waals surface area contributed by atoms with Gasteiger partial charge in [-0.1, -0.05) is 13.8 Å². The minimum absolute atomic E-state index is 0.674. The van der Waals surface area contributed by atoms with E-state index in [1.54, 1.807) is 0 Å². The highest BCUT2D eigenvalue weighted by atomic mass is 15.4. The van der Waals surface area contributed by atoms with Crippen LogP contribution in [0.1, 0.15) is 33.1 Å². The molecular formula is C15H26N6. The number of rotatable bonds is 3. The first-order chi connectivity index (χ1) is 10.2. The highest BCUT2D eigenvalue weighted by Gasteiger charge is 2.29. The molecule has 2 atom stereocenters. The van der Waals surface area contributed by atoms with Crippen molar-refractivity contribution in [3.05, 3.63) is 0 Å². The molecule has 0 aliphatic carbocycles. The Hall–Kier alpha value is -1.59. The third kappa shape index (κ3) is 3.04. The zero-order valence-electron chi connectivity index (χ0n) is 13.3. The number of hydrogen-bond donors (Lipinski definition) is 1. The summed E-state index contributed by atoms with van der Waals surface area (Å²) < 4.78 is 0. The number of piperidine rings is 1. The van der Waals surface area contributed by atoms with E-state index in [2.05, 4.69) is 38.9 Å². The van der Waals surface area contributed by atoms with E-state index in [1.165, 1.54) is 19.3 Å². The minimum atomic E-state index is 0.674. The highest BCUT2D eigenvalue weighted by molar-refractivity contribution is 5.46. The van der Waals surface area contributed by atoms with Gasteiger partial charge >= 0.3 is 0 Å². The van der Waals surface area contributed by atoms with Gasteiger partial charge in [-0.3, -0.25) is 0 Å². The van der Waals surface area contributed by atoms with Gasteiger partial charge in [0.25, 0.3) is 0 Å². The molecular weight excluding hydrogens is 264 g/mol. The van der Waals surface area contributed by atoms with Crippen LogP contribution in [0, 0.1) is 11.8 Å². The lowest BCUT2D eigenvalue weighted by molar-refractivity contribution is 0.494. The molecule has 6 nitrogen and oxygen atoms in total. The minimum Gasteiger partial charge on any atom is -0.357 e. The van der Waals surface area contributed by atoms with Crippen LogP contribution in [-0.2, 0) is 0 Å². The third-order valence-electron chi connectivity index (χ3n) is 4.75. The summed E-state index contributed by atoms with van der Waals surface area (Å²) in [4.78, 5) is 18.4. The van der Waals surface area contributed by atoms with Crippen molar-refractivity contribution in [3.63, 3.8) is 0 Å². The van der Waals surface area contributed by atoms with Gasteiger partial charge < -0.3 is 15.1 Å². The molecule has 2 unspecified atom stereocenters. The molecule has 21 heavy (non-hydrogen) atoms. The zero-order chi connectivity index (χ0) is 14.8. The van der Waals surface area contributed by atoms with Gasteiger partial charge in [0.1, 0.15) is 0 Å². The van der Waals surface area contributed by atoms with Crippen LogP contribution in [0.3, 0.4) is 0 Å². The van der Waals surface area contributed by atoms with Crippen LogP contribution in [0.15, 0.2) is 0 Å². The van der Waals surface area contributed by atoms with Crippen molar-refractivity contribution in [2.45, 2.75) is 33.1 Å². The molecule has 0 amide bonds. The van der Waals surface area contributed by atoms with Gasteiger partial charge in [-0.25, -0.2) is 0 Å². The van der Waals surface area contributed by atoms with Crippen LogP contribution in [0.5, 0.6) is 0 Å². The fraction of sp³-hybridized carbons (Fsp3) is 0.800. The van der Waals surface area contributed by atoms with Crippen LogP contribution in [0.4, 0.5) is 17.8 Å². The molecule has 3 heterocycles. The Kier molecular flexibility index (Phi) is 4.12. The molecule has 0 saturated carbocycles. The molecule has 1 aromatic rings. The zero-order valence-corrected chi connectivity index (χ0v) is 13.3. The summed E-state index contributed by atoms with van der Waals surface area (Å²) >= 11 is 0. The maximum Gasteiger partial charge on any atom is 0.231 e. The van der Waals surface area contributed by atoms with E-state index in [1.807, 2.05) is 7.05 Å².